The second-order valence-electron chi connectivity index (χ2n) is 4.01. The number of alkyl halides is 3. The van der Waals surface area contributed by atoms with Crippen molar-refractivity contribution in [3.8, 4) is 11.8 Å². The molecule has 0 fully saturated rings. The molecular formula is C13H13F3N2O2. The van der Waals surface area contributed by atoms with Crippen molar-refractivity contribution >= 4 is 5.91 Å². The Morgan fingerprint density at radius 1 is 1.40 bits per heavy atom. The lowest BCUT2D eigenvalue weighted by atomic mass is 10.1. The zero-order chi connectivity index (χ0) is 15.2. The van der Waals surface area contributed by atoms with Crippen LogP contribution in [-0.4, -0.2) is 18.3 Å². The second kappa shape index (κ2) is 6.80. The third-order valence-corrected chi connectivity index (χ3v) is 2.52. The average Bonchev–Trinajstić information content (AvgIpc) is 2.37. The minimum atomic E-state index is -4.76. The lowest BCUT2D eigenvalue weighted by molar-refractivity contribution is -0.274. The number of nitrogens with zero attached hydrogens (tertiary/aromatic N) is 1. The van der Waals surface area contributed by atoms with E-state index in [9.17, 15) is 18.0 Å². The summed E-state index contributed by atoms with van der Waals surface area (Å²) in [6.07, 6.45) is -3.99. The van der Waals surface area contributed by atoms with Gasteiger partial charge in [-0.25, -0.2) is 0 Å². The highest BCUT2D eigenvalue weighted by Gasteiger charge is 2.31. The van der Waals surface area contributed by atoms with E-state index in [1.165, 1.54) is 12.1 Å². The van der Waals surface area contributed by atoms with Gasteiger partial charge >= 0.3 is 6.36 Å². The van der Waals surface area contributed by atoms with Gasteiger partial charge in [0.05, 0.1) is 12.5 Å². The molecule has 0 saturated carbocycles. The molecule has 0 saturated heterocycles. The number of halogens is 3. The highest BCUT2D eigenvalue weighted by molar-refractivity contribution is 5.94. The number of carbonyl (C=O) groups is 1. The van der Waals surface area contributed by atoms with Crippen molar-refractivity contribution in [1.29, 1.82) is 5.26 Å². The van der Waals surface area contributed by atoms with Crippen LogP contribution in [0.1, 0.15) is 30.1 Å². The lowest BCUT2D eigenvalue weighted by Gasteiger charge is -2.14. The third-order valence-electron chi connectivity index (χ3n) is 2.52. The topological polar surface area (TPSA) is 62.1 Å². The SMILES string of the molecule is CCC(CC#N)NC(=O)c1ccc(OC(F)(F)F)cc1. The van der Waals surface area contributed by atoms with E-state index in [-0.39, 0.29) is 18.0 Å². The van der Waals surface area contributed by atoms with Crippen LogP contribution in [0.15, 0.2) is 24.3 Å². The molecule has 0 radical (unpaired) electrons. The van der Waals surface area contributed by atoms with E-state index >= 15 is 0 Å². The van der Waals surface area contributed by atoms with E-state index in [1.807, 2.05) is 13.0 Å². The minimum Gasteiger partial charge on any atom is -0.406 e. The van der Waals surface area contributed by atoms with Gasteiger partial charge in [0.1, 0.15) is 5.75 Å². The van der Waals surface area contributed by atoms with Crippen LogP contribution < -0.4 is 10.1 Å². The summed E-state index contributed by atoms with van der Waals surface area (Å²) in [6, 6.07) is 6.26. The van der Waals surface area contributed by atoms with Gasteiger partial charge in [0.25, 0.3) is 5.91 Å². The van der Waals surface area contributed by atoms with Crippen molar-refractivity contribution in [1.82, 2.24) is 5.32 Å². The zero-order valence-corrected chi connectivity index (χ0v) is 10.7. The first kappa shape index (κ1) is 15.8. The Morgan fingerprint density at radius 2 is 2.00 bits per heavy atom. The van der Waals surface area contributed by atoms with Gasteiger partial charge in [0.15, 0.2) is 0 Å². The first-order valence-electron chi connectivity index (χ1n) is 5.89. The second-order valence-corrected chi connectivity index (χ2v) is 4.01. The summed E-state index contributed by atoms with van der Waals surface area (Å²) in [7, 11) is 0. The maximum Gasteiger partial charge on any atom is 0.573 e. The van der Waals surface area contributed by atoms with Crippen LogP contribution in [0.25, 0.3) is 0 Å². The maximum atomic E-state index is 12.0. The van der Waals surface area contributed by atoms with Crippen molar-refractivity contribution < 1.29 is 22.7 Å². The Labute approximate surface area is 114 Å². The van der Waals surface area contributed by atoms with Crippen LogP contribution in [0.2, 0.25) is 0 Å². The molecule has 0 bridgehead atoms. The molecule has 4 nitrogen and oxygen atoms in total. The van der Waals surface area contributed by atoms with Gasteiger partial charge in [0, 0.05) is 11.6 Å². The molecular weight excluding hydrogens is 273 g/mol. The first-order chi connectivity index (χ1) is 9.35. The van der Waals surface area contributed by atoms with Crippen molar-refractivity contribution in [2.75, 3.05) is 0 Å². The fourth-order valence-electron chi connectivity index (χ4n) is 1.48. The van der Waals surface area contributed by atoms with Gasteiger partial charge in [-0.1, -0.05) is 6.92 Å². The molecule has 7 heteroatoms. The number of ether oxygens (including phenoxy) is 1. The van der Waals surface area contributed by atoms with E-state index in [2.05, 4.69) is 10.1 Å². The number of hydrogen-bond donors (Lipinski definition) is 1. The number of rotatable bonds is 5. The van der Waals surface area contributed by atoms with Gasteiger partial charge in [-0.05, 0) is 30.7 Å². The van der Waals surface area contributed by atoms with Gasteiger partial charge in [-0.15, -0.1) is 13.2 Å². The van der Waals surface area contributed by atoms with Gasteiger partial charge < -0.3 is 10.1 Å². The Morgan fingerprint density at radius 3 is 2.45 bits per heavy atom. The number of amides is 1. The first-order valence-corrected chi connectivity index (χ1v) is 5.89. The van der Waals surface area contributed by atoms with Crippen molar-refractivity contribution in [3.05, 3.63) is 29.8 Å². The maximum absolute atomic E-state index is 12.0. The number of hydrogen-bond acceptors (Lipinski definition) is 3. The fourth-order valence-corrected chi connectivity index (χ4v) is 1.48. The van der Waals surface area contributed by atoms with Crippen LogP contribution in [-0.2, 0) is 0 Å². The molecule has 108 valence electrons. The summed E-state index contributed by atoms with van der Waals surface area (Å²) in [5.41, 5.74) is 0.205. The Kier molecular flexibility index (Phi) is 5.38. The minimum absolute atomic E-state index is 0.178. The molecule has 0 heterocycles. The standard InChI is InChI=1S/C13H13F3N2O2/c1-2-10(7-8-17)18-12(19)9-3-5-11(6-4-9)20-13(14,15)16/h3-6,10H,2,7H2,1H3,(H,18,19). The summed E-state index contributed by atoms with van der Waals surface area (Å²) < 4.78 is 39.6. The van der Waals surface area contributed by atoms with Crippen LogP contribution in [0.4, 0.5) is 13.2 Å². The Bertz CT molecular complexity index is 492. The number of nitrogens with one attached hydrogen (secondary N) is 1. The monoisotopic (exact) mass is 286 g/mol. The lowest BCUT2D eigenvalue weighted by Crippen LogP contribution is -2.34. The molecule has 0 spiro atoms. The summed E-state index contributed by atoms with van der Waals surface area (Å²) >= 11 is 0. The molecule has 20 heavy (non-hydrogen) atoms. The van der Waals surface area contributed by atoms with E-state index < -0.39 is 18.0 Å². The molecule has 1 aromatic rings. The summed E-state index contributed by atoms with van der Waals surface area (Å²) in [4.78, 5) is 11.8. The normalized spacial score (nSPS) is 12.3. The third kappa shape index (κ3) is 5.18. The molecule has 1 rings (SSSR count). The molecule has 1 aromatic carbocycles. The zero-order valence-electron chi connectivity index (χ0n) is 10.7. The predicted molar refractivity (Wildman–Crippen MR) is 64.9 cm³/mol. The van der Waals surface area contributed by atoms with Gasteiger partial charge in [0.2, 0.25) is 0 Å². The molecule has 1 atom stereocenters. The van der Waals surface area contributed by atoms with Crippen molar-refractivity contribution in [3.63, 3.8) is 0 Å². The summed E-state index contributed by atoms with van der Waals surface area (Å²) in [5.74, 6) is -0.830. The number of nitriles is 1. The smallest absolute Gasteiger partial charge is 0.406 e. The predicted octanol–water partition coefficient (Wildman–Crippen LogP) is 3.01. The largest absolute Gasteiger partial charge is 0.573 e. The quantitative estimate of drug-likeness (QED) is 0.905. The van der Waals surface area contributed by atoms with E-state index in [0.717, 1.165) is 12.1 Å². The number of carbonyl (C=O) groups excluding carboxylic acids is 1. The van der Waals surface area contributed by atoms with Crippen LogP contribution in [0, 0.1) is 11.3 Å². The highest BCUT2D eigenvalue weighted by Crippen LogP contribution is 2.22. The molecule has 1 amide bonds. The summed E-state index contributed by atoms with van der Waals surface area (Å²) in [5, 5.41) is 11.2. The van der Waals surface area contributed by atoms with Gasteiger partial charge in [-0.3, -0.25) is 4.79 Å². The van der Waals surface area contributed by atoms with Gasteiger partial charge in [-0.2, -0.15) is 5.26 Å². The van der Waals surface area contributed by atoms with Crippen LogP contribution in [0.3, 0.4) is 0 Å². The van der Waals surface area contributed by atoms with E-state index in [0.29, 0.717) is 6.42 Å². The molecule has 0 aliphatic carbocycles. The highest BCUT2D eigenvalue weighted by atomic mass is 19.4. The fraction of sp³-hybridized carbons (Fsp3) is 0.385. The van der Waals surface area contributed by atoms with Crippen LogP contribution >= 0.6 is 0 Å². The number of benzene rings is 1. The van der Waals surface area contributed by atoms with Crippen molar-refractivity contribution in [2.24, 2.45) is 0 Å². The van der Waals surface area contributed by atoms with Crippen LogP contribution in [0.5, 0.6) is 5.75 Å². The molecule has 1 unspecified atom stereocenters. The molecule has 0 aliphatic heterocycles. The average molecular weight is 286 g/mol. The Balaban J connectivity index is 2.68. The molecule has 0 aromatic heterocycles. The summed E-state index contributed by atoms with van der Waals surface area (Å²) in [6.45, 7) is 1.82. The molecule has 1 N–H and O–H groups in total. The molecule has 0 aliphatic rings. The Hall–Kier alpha value is -2.23. The van der Waals surface area contributed by atoms with E-state index in [4.69, 9.17) is 5.26 Å². The van der Waals surface area contributed by atoms with E-state index in [1.54, 1.807) is 0 Å². The van der Waals surface area contributed by atoms with Crippen molar-refractivity contribution in [2.45, 2.75) is 32.2 Å².